The molecule has 5 heteroatoms. The van der Waals surface area contributed by atoms with Crippen molar-refractivity contribution in [2.75, 3.05) is 33.3 Å². The number of hydrogen-bond acceptors (Lipinski definition) is 4. The van der Waals surface area contributed by atoms with Gasteiger partial charge in [0.1, 0.15) is 5.75 Å². The maximum atomic E-state index is 12.1. The minimum absolute atomic E-state index is 0.0151. The summed E-state index contributed by atoms with van der Waals surface area (Å²) in [4.78, 5) is 16.9. The summed E-state index contributed by atoms with van der Waals surface area (Å²) in [5, 5.41) is 3.11. The standard InChI is InChI=1S/C18H27N3O2/c1-14(18(22)19-16-5-6-16)21-11-9-20(10-12-21)13-15-3-7-17(23-2)8-4-15/h3-4,7-8,14,16H,5-6,9-13H2,1-2H3,(H,19,22)/t14-/m1/s1. The number of nitrogens with zero attached hydrogens (tertiary/aromatic N) is 2. The largest absolute Gasteiger partial charge is 0.497 e. The molecule has 1 saturated carbocycles. The highest BCUT2D eigenvalue weighted by Gasteiger charge is 2.29. The van der Waals surface area contributed by atoms with Gasteiger partial charge in [-0.05, 0) is 37.5 Å². The predicted molar refractivity (Wildman–Crippen MR) is 90.5 cm³/mol. The highest BCUT2D eigenvalue weighted by Crippen LogP contribution is 2.19. The Bertz CT molecular complexity index is 520. The van der Waals surface area contributed by atoms with E-state index >= 15 is 0 Å². The van der Waals surface area contributed by atoms with Crippen molar-refractivity contribution in [1.82, 2.24) is 15.1 Å². The second-order valence-electron chi connectivity index (χ2n) is 6.62. The molecule has 0 bridgehead atoms. The highest BCUT2D eigenvalue weighted by molar-refractivity contribution is 5.81. The molecule has 2 aliphatic rings. The molecule has 3 rings (SSSR count). The van der Waals surface area contributed by atoms with E-state index in [0.29, 0.717) is 6.04 Å². The maximum absolute atomic E-state index is 12.1. The van der Waals surface area contributed by atoms with Crippen LogP contribution in [-0.2, 0) is 11.3 Å². The quantitative estimate of drug-likeness (QED) is 0.863. The van der Waals surface area contributed by atoms with Crippen LogP contribution in [0.25, 0.3) is 0 Å². The van der Waals surface area contributed by atoms with E-state index in [-0.39, 0.29) is 11.9 Å². The third-order valence-electron chi connectivity index (χ3n) is 4.82. The van der Waals surface area contributed by atoms with Gasteiger partial charge in [-0.15, -0.1) is 0 Å². The predicted octanol–water partition coefficient (Wildman–Crippen LogP) is 1.48. The van der Waals surface area contributed by atoms with Gasteiger partial charge in [-0.25, -0.2) is 0 Å². The molecule has 126 valence electrons. The lowest BCUT2D eigenvalue weighted by molar-refractivity contribution is -0.126. The van der Waals surface area contributed by atoms with Crippen LogP contribution in [0.15, 0.2) is 24.3 Å². The third-order valence-corrected chi connectivity index (χ3v) is 4.82. The minimum atomic E-state index is -0.0151. The number of carbonyl (C=O) groups excluding carboxylic acids is 1. The van der Waals surface area contributed by atoms with Crippen LogP contribution < -0.4 is 10.1 Å². The molecular formula is C18H27N3O2. The number of carbonyl (C=O) groups is 1. The van der Waals surface area contributed by atoms with Crippen molar-refractivity contribution in [1.29, 1.82) is 0 Å². The Kier molecular flexibility index (Phi) is 5.18. The van der Waals surface area contributed by atoms with Crippen LogP contribution in [0.5, 0.6) is 5.75 Å². The van der Waals surface area contributed by atoms with E-state index in [1.807, 2.05) is 19.1 Å². The molecule has 1 N–H and O–H groups in total. The molecule has 1 aromatic rings. The zero-order valence-electron chi connectivity index (χ0n) is 14.1. The van der Waals surface area contributed by atoms with Crippen molar-refractivity contribution in [2.24, 2.45) is 0 Å². The summed E-state index contributed by atoms with van der Waals surface area (Å²) < 4.78 is 5.20. The molecule has 0 aromatic heterocycles. The monoisotopic (exact) mass is 317 g/mol. The molecule has 1 aliphatic carbocycles. The third kappa shape index (κ3) is 4.45. The Morgan fingerprint density at radius 2 is 1.87 bits per heavy atom. The summed E-state index contributed by atoms with van der Waals surface area (Å²) in [5.74, 6) is 1.09. The molecule has 5 nitrogen and oxygen atoms in total. The van der Waals surface area contributed by atoms with Gasteiger partial charge in [0.25, 0.3) is 0 Å². The molecule has 1 saturated heterocycles. The van der Waals surface area contributed by atoms with Crippen LogP contribution >= 0.6 is 0 Å². The van der Waals surface area contributed by atoms with E-state index in [0.717, 1.165) is 51.3 Å². The van der Waals surface area contributed by atoms with Crippen molar-refractivity contribution in [3.63, 3.8) is 0 Å². The summed E-state index contributed by atoms with van der Waals surface area (Å²) >= 11 is 0. The van der Waals surface area contributed by atoms with Crippen LogP contribution in [0.1, 0.15) is 25.3 Å². The molecule has 1 aliphatic heterocycles. The normalized spacial score (nSPS) is 21.0. The smallest absolute Gasteiger partial charge is 0.237 e. The fourth-order valence-corrected chi connectivity index (χ4v) is 3.01. The summed E-state index contributed by atoms with van der Waals surface area (Å²) in [6.45, 7) is 6.91. The van der Waals surface area contributed by atoms with Crippen molar-refractivity contribution >= 4 is 5.91 Å². The molecule has 0 unspecified atom stereocenters. The van der Waals surface area contributed by atoms with Crippen LogP contribution in [0.2, 0.25) is 0 Å². The van der Waals surface area contributed by atoms with E-state index < -0.39 is 0 Å². The van der Waals surface area contributed by atoms with Crippen LogP contribution in [-0.4, -0.2) is 61.1 Å². The number of benzene rings is 1. The van der Waals surface area contributed by atoms with Crippen molar-refractivity contribution in [3.8, 4) is 5.75 Å². The zero-order valence-corrected chi connectivity index (χ0v) is 14.1. The first kappa shape index (κ1) is 16.3. The first-order valence-electron chi connectivity index (χ1n) is 8.55. The zero-order chi connectivity index (χ0) is 16.2. The van der Waals surface area contributed by atoms with Crippen LogP contribution in [0, 0.1) is 0 Å². The lowest BCUT2D eigenvalue weighted by atomic mass is 10.1. The van der Waals surface area contributed by atoms with Gasteiger partial charge >= 0.3 is 0 Å². The van der Waals surface area contributed by atoms with Gasteiger partial charge in [-0.1, -0.05) is 12.1 Å². The van der Waals surface area contributed by atoms with E-state index in [4.69, 9.17) is 4.74 Å². The minimum Gasteiger partial charge on any atom is -0.497 e. The summed E-state index contributed by atoms with van der Waals surface area (Å²) in [5.41, 5.74) is 1.30. The average molecular weight is 317 g/mol. The Morgan fingerprint density at radius 3 is 2.43 bits per heavy atom. The van der Waals surface area contributed by atoms with Gasteiger partial charge in [-0.3, -0.25) is 14.6 Å². The Hall–Kier alpha value is -1.59. The van der Waals surface area contributed by atoms with Crippen molar-refractivity contribution in [3.05, 3.63) is 29.8 Å². The fourth-order valence-electron chi connectivity index (χ4n) is 3.01. The number of amides is 1. The Balaban J connectivity index is 1.44. The Morgan fingerprint density at radius 1 is 1.22 bits per heavy atom. The second-order valence-corrected chi connectivity index (χ2v) is 6.62. The second kappa shape index (κ2) is 7.32. The van der Waals surface area contributed by atoms with Gasteiger partial charge in [0.05, 0.1) is 13.2 Å². The number of nitrogens with one attached hydrogen (secondary N) is 1. The average Bonchev–Trinajstić information content (AvgIpc) is 3.39. The number of piperazine rings is 1. The highest BCUT2D eigenvalue weighted by atomic mass is 16.5. The van der Waals surface area contributed by atoms with Crippen molar-refractivity contribution < 1.29 is 9.53 Å². The van der Waals surface area contributed by atoms with E-state index in [1.165, 1.54) is 5.56 Å². The van der Waals surface area contributed by atoms with E-state index in [1.54, 1.807) is 7.11 Å². The summed E-state index contributed by atoms with van der Waals surface area (Å²) in [6, 6.07) is 8.69. The van der Waals surface area contributed by atoms with Gasteiger partial charge in [0.15, 0.2) is 0 Å². The molecule has 23 heavy (non-hydrogen) atoms. The molecule has 1 amide bonds. The van der Waals surface area contributed by atoms with Crippen LogP contribution in [0.4, 0.5) is 0 Å². The fraction of sp³-hybridized carbons (Fsp3) is 0.611. The van der Waals surface area contributed by atoms with Gasteiger partial charge in [0.2, 0.25) is 5.91 Å². The molecule has 2 fully saturated rings. The number of rotatable bonds is 6. The van der Waals surface area contributed by atoms with Gasteiger partial charge in [0, 0.05) is 38.8 Å². The Labute approximate surface area is 138 Å². The molecular weight excluding hydrogens is 290 g/mol. The van der Waals surface area contributed by atoms with Gasteiger partial charge in [-0.2, -0.15) is 0 Å². The van der Waals surface area contributed by atoms with Gasteiger partial charge < -0.3 is 10.1 Å². The van der Waals surface area contributed by atoms with E-state index in [9.17, 15) is 4.79 Å². The number of methoxy groups -OCH3 is 1. The maximum Gasteiger partial charge on any atom is 0.237 e. The van der Waals surface area contributed by atoms with Crippen LogP contribution in [0.3, 0.4) is 0 Å². The molecule has 1 heterocycles. The lowest BCUT2D eigenvalue weighted by Crippen LogP contribution is -2.53. The molecule has 0 radical (unpaired) electrons. The summed E-state index contributed by atoms with van der Waals surface area (Å²) in [6.07, 6.45) is 2.29. The molecule has 0 spiro atoms. The van der Waals surface area contributed by atoms with Crippen molar-refractivity contribution in [2.45, 2.75) is 38.4 Å². The number of hydrogen-bond donors (Lipinski definition) is 1. The SMILES string of the molecule is COc1ccc(CN2CCN([C@H](C)C(=O)NC3CC3)CC2)cc1. The number of ether oxygens (including phenoxy) is 1. The van der Waals surface area contributed by atoms with E-state index in [2.05, 4.69) is 27.2 Å². The molecule has 1 atom stereocenters. The molecule has 1 aromatic carbocycles. The first-order valence-corrected chi connectivity index (χ1v) is 8.55. The lowest BCUT2D eigenvalue weighted by Gasteiger charge is -2.37. The topological polar surface area (TPSA) is 44.8 Å². The summed E-state index contributed by atoms with van der Waals surface area (Å²) in [7, 11) is 1.69. The first-order chi connectivity index (χ1) is 11.2.